The third-order valence-corrected chi connectivity index (χ3v) is 18.3. The van der Waals surface area contributed by atoms with E-state index in [4.69, 9.17) is 21.1 Å². The highest BCUT2D eigenvalue weighted by Gasteiger charge is 2.50. The van der Waals surface area contributed by atoms with E-state index >= 15 is 4.39 Å². The van der Waals surface area contributed by atoms with Crippen LogP contribution in [0.1, 0.15) is 108 Å². The number of fused-ring (bicyclic) bond motifs is 4. The largest absolute Gasteiger partial charge is 0.508 e. The number of hydrogen-bond acceptors (Lipinski definition) is 15. The third kappa shape index (κ3) is 10.6. The van der Waals surface area contributed by atoms with Crippen LogP contribution < -0.4 is 20.3 Å². The fourth-order valence-electron chi connectivity index (χ4n) is 13.3. The minimum atomic E-state index is -0.922. The molecule has 0 aliphatic carbocycles. The number of aromatic nitrogens is 4. The van der Waals surface area contributed by atoms with E-state index in [1.54, 1.807) is 46.7 Å². The number of terminal acetylenes is 1. The van der Waals surface area contributed by atoms with Crippen LogP contribution in [0.2, 0.25) is 0 Å². The van der Waals surface area contributed by atoms with E-state index in [-0.39, 0.29) is 97.5 Å². The molecule has 5 fully saturated rings. The molecular weight excluding hydrogens is 1040 g/mol. The number of aryl methyl sites for hydroxylation is 1. The number of thiazole rings is 1. The number of piperazine rings is 1. The molecule has 3 amide bonds. The number of likely N-dealkylation sites (tertiary alicyclic amines) is 3. The monoisotopic (exact) mass is 1110 g/mol. The number of amides is 3. The Morgan fingerprint density at radius 3 is 2.55 bits per heavy atom. The van der Waals surface area contributed by atoms with Crippen molar-refractivity contribution >= 4 is 56.6 Å². The van der Waals surface area contributed by atoms with Crippen molar-refractivity contribution < 1.29 is 38.8 Å². The van der Waals surface area contributed by atoms with Crippen LogP contribution in [0.15, 0.2) is 66.3 Å². The average molecular weight is 1110 g/mol. The van der Waals surface area contributed by atoms with Crippen LogP contribution in [0.4, 0.5) is 10.2 Å². The second kappa shape index (κ2) is 22.3. The summed E-state index contributed by atoms with van der Waals surface area (Å²) >= 11 is 1.57. The molecule has 11 rings (SSSR count). The van der Waals surface area contributed by atoms with E-state index in [1.807, 2.05) is 64.4 Å². The molecule has 6 aromatic rings. The van der Waals surface area contributed by atoms with E-state index in [0.29, 0.717) is 85.0 Å². The lowest BCUT2D eigenvalue weighted by Gasteiger charge is -2.43. The SMILES string of the molecule is C#Cc1cccc2cc(O)cc(-c3ncc4c(N5CC6CCC(C5)N6)nc(OC[C@]5(CO)CCCN5CCC[C@H]5CCC(=O)N5[C@H](C(=O)N5C[C@H](O)C[C@H]5C(=O)N[C@@H](C)c5ccc(-c6scnc6C)cc5)C(C)(C)C)nc4c3F)c12. The van der Waals surface area contributed by atoms with Crippen LogP contribution in [0.25, 0.3) is 43.4 Å². The van der Waals surface area contributed by atoms with Gasteiger partial charge < -0.3 is 45.4 Å². The van der Waals surface area contributed by atoms with Crippen LogP contribution in [0.5, 0.6) is 11.8 Å². The van der Waals surface area contributed by atoms with E-state index in [0.717, 1.165) is 41.0 Å². The number of nitrogens with zero attached hydrogens (tertiary/aromatic N) is 8. The third-order valence-electron chi connectivity index (χ3n) is 17.3. The van der Waals surface area contributed by atoms with Crippen molar-refractivity contribution in [3.63, 3.8) is 0 Å². The summed E-state index contributed by atoms with van der Waals surface area (Å²) in [6.07, 6.45) is 12.2. The molecule has 80 heavy (non-hydrogen) atoms. The molecule has 0 saturated carbocycles. The fourth-order valence-corrected chi connectivity index (χ4v) is 14.1. The molecule has 2 unspecified atom stereocenters. The van der Waals surface area contributed by atoms with Gasteiger partial charge in [-0.25, -0.2) is 9.37 Å². The predicted molar refractivity (Wildman–Crippen MR) is 305 cm³/mol. The average Bonchev–Trinajstić information content (AvgIpc) is 4.39. The molecule has 5 aliphatic heterocycles. The molecule has 19 heteroatoms. The second-order valence-electron chi connectivity index (χ2n) is 23.8. The van der Waals surface area contributed by atoms with Gasteiger partial charge in [0.05, 0.1) is 45.8 Å². The Balaban J connectivity index is 0.794. The molecule has 5 aliphatic rings. The Labute approximate surface area is 470 Å². The van der Waals surface area contributed by atoms with Crippen molar-refractivity contribution in [2.24, 2.45) is 5.41 Å². The number of phenolic OH excluding ortho intramolecular Hbond substituents is 1. The zero-order valence-corrected chi connectivity index (χ0v) is 46.9. The van der Waals surface area contributed by atoms with Crippen molar-refractivity contribution in [1.29, 1.82) is 0 Å². The number of hydrogen-bond donors (Lipinski definition) is 5. The molecule has 420 valence electrons. The quantitative estimate of drug-likeness (QED) is 0.0604. The number of anilines is 1. The van der Waals surface area contributed by atoms with Gasteiger partial charge in [-0.2, -0.15) is 9.97 Å². The maximum Gasteiger partial charge on any atom is 0.319 e. The molecule has 5 saturated heterocycles. The first-order valence-corrected chi connectivity index (χ1v) is 29.0. The van der Waals surface area contributed by atoms with Gasteiger partial charge in [0, 0.05) is 73.3 Å². The second-order valence-corrected chi connectivity index (χ2v) is 24.6. The lowest BCUT2D eigenvalue weighted by atomic mass is 9.83. The van der Waals surface area contributed by atoms with Crippen LogP contribution in [-0.2, 0) is 14.4 Å². The first-order chi connectivity index (χ1) is 38.4. The summed E-state index contributed by atoms with van der Waals surface area (Å²) in [5.74, 6) is 1.58. The van der Waals surface area contributed by atoms with Gasteiger partial charge in [-0.1, -0.05) is 63.1 Å². The molecule has 0 spiro atoms. The van der Waals surface area contributed by atoms with Crippen LogP contribution in [-0.4, -0.2) is 155 Å². The first-order valence-electron chi connectivity index (χ1n) is 28.1. The first kappa shape index (κ1) is 55.1. The van der Waals surface area contributed by atoms with Gasteiger partial charge in [0.1, 0.15) is 41.5 Å². The van der Waals surface area contributed by atoms with E-state index in [9.17, 15) is 29.7 Å². The molecule has 8 atom stereocenters. The molecule has 3 aromatic carbocycles. The number of aliphatic hydroxyl groups excluding tert-OH is 2. The van der Waals surface area contributed by atoms with Crippen LogP contribution in [0, 0.1) is 30.5 Å². The lowest BCUT2D eigenvalue weighted by molar-refractivity contribution is -0.152. The number of rotatable bonds is 16. The molecule has 3 aromatic heterocycles. The molecule has 2 bridgehead atoms. The minimum absolute atomic E-state index is 0.00847. The Morgan fingerprint density at radius 1 is 1.06 bits per heavy atom. The Hall–Kier alpha value is -6.82. The number of halogens is 1. The standard InChI is InChI=1S/C61H71FN10O7S/c1-7-37-11-8-12-40-25-44(74)26-46(50(37)40)52-51(62)53-47(28-63-52)56(69-29-41-18-19-42(30-69)66-41)68-59(67-53)79-33-61(32-73)22-10-24-70(61)23-9-13-43-20-21-49(76)72(43)55(60(4,5)6)58(78)71-31-45(75)27-48(71)57(77)65-35(2)38-14-16-39(17-15-38)54-36(3)64-34-80-54/h1,8,11-12,14-17,25-26,28,34-35,41-43,45,48,55,66,73-75H,9-10,13,18-24,27,29-33H2,2-6H3,(H,65,77)/t35-,41?,42?,43-,45+,48-,55+,61+/m0/s1. The normalized spacial score (nSPS) is 24.0. The maximum atomic E-state index is 17.4. The topological polar surface area (TPSA) is 210 Å². The zero-order chi connectivity index (χ0) is 56.2. The van der Waals surface area contributed by atoms with Gasteiger partial charge >= 0.3 is 6.01 Å². The highest BCUT2D eigenvalue weighted by atomic mass is 32.1. The summed E-state index contributed by atoms with van der Waals surface area (Å²) in [6, 6.07) is 14.4. The predicted octanol–water partition coefficient (Wildman–Crippen LogP) is 7.27. The number of aromatic hydroxyl groups is 1. The molecule has 0 radical (unpaired) electrons. The van der Waals surface area contributed by atoms with E-state index in [2.05, 4.69) is 36.3 Å². The molecule has 17 nitrogen and oxygen atoms in total. The van der Waals surface area contributed by atoms with Crippen molar-refractivity contribution in [2.75, 3.05) is 50.8 Å². The highest BCUT2D eigenvalue weighted by molar-refractivity contribution is 7.13. The number of phenols is 1. The van der Waals surface area contributed by atoms with Crippen LogP contribution >= 0.6 is 11.3 Å². The zero-order valence-electron chi connectivity index (χ0n) is 46.1. The Bertz CT molecular complexity index is 3370. The van der Waals surface area contributed by atoms with Crippen molar-refractivity contribution in [3.05, 3.63) is 88.9 Å². The van der Waals surface area contributed by atoms with Gasteiger partial charge in [-0.15, -0.1) is 17.8 Å². The lowest BCUT2D eigenvalue weighted by Crippen LogP contribution is -2.59. The van der Waals surface area contributed by atoms with Crippen LogP contribution in [0.3, 0.4) is 0 Å². The molecule has 8 heterocycles. The molecule has 5 N–H and O–H groups in total. The summed E-state index contributed by atoms with van der Waals surface area (Å²) in [5.41, 5.74) is 4.02. The summed E-state index contributed by atoms with van der Waals surface area (Å²) < 4.78 is 23.9. The highest BCUT2D eigenvalue weighted by Crippen LogP contribution is 2.41. The van der Waals surface area contributed by atoms with Gasteiger partial charge in [0.15, 0.2) is 5.82 Å². The summed E-state index contributed by atoms with van der Waals surface area (Å²) in [5, 5.41) is 41.5. The van der Waals surface area contributed by atoms with Gasteiger partial charge in [-0.3, -0.25) is 24.3 Å². The summed E-state index contributed by atoms with van der Waals surface area (Å²) in [7, 11) is 0. The van der Waals surface area contributed by atoms with Gasteiger partial charge in [-0.05, 0) is 112 Å². The number of carbonyl (C=O) groups excluding carboxylic acids is 3. The smallest absolute Gasteiger partial charge is 0.319 e. The number of nitrogens with one attached hydrogen (secondary N) is 2. The van der Waals surface area contributed by atoms with Crippen molar-refractivity contribution in [3.8, 4) is 45.8 Å². The number of aliphatic hydroxyl groups is 2. The van der Waals surface area contributed by atoms with Gasteiger partial charge in [0.2, 0.25) is 17.7 Å². The minimum Gasteiger partial charge on any atom is -0.508 e. The molecular formula is C61H71FN10O7S. The Morgan fingerprint density at radius 2 is 1.84 bits per heavy atom. The summed E-state index contributed by atoms with van der Waals surface area (Å²) in [6.45, 7) is 12.0. The summed E-state index contributed by atoms with van der Waals surface area (Å²) in [4.78, 5) is 70.5. The van der Waals surface area contributed by atoms with E-state index < -0.39 is 35.0 Å². The van der Waals surface area contributed by atoms with Crippen molar-refractivity contribution in [1.82, 2.24) is 45.3 Å². The number of carbonyl (C=O) groups is 3. The van der Waals surface area contributed by atoms with E-state index in [1.165, 1.54) is 11.0 Å². The maximum absolute atomic E-state index is 17.4. The number of β-amino-alcohol motifs (C(OH)–C–C–N with tert-alkyl or cyclic N) is 1. The van der Waals surface area contributed by atoms with Gasteiger partial charge in [0.25, 0.3) is 0 Å². The number of benzene rings is 3. The number of ether oxygens (including phenoxy) is 1. The fraction of sp³-hybridized carbons (Fsp3) is 0.492. The Kier molecular flexibility index (Phi) is 15.3. The number of pyridine rings is 1. The van der Waals surface area contributed by atoms with Crippen molar-refractivity contribution in [2.45, 2.75) is 140 Å².